The van der Waals surface area contributed by atoms with E-state index in [1.165, 1.54) is 16.5 Å². The quantitative estimate of drug-likeness (QED) is 0.393. The molecule has 0 saturated carbocycles. The average Bonchev–Trinajstić information content (AvgIpc) is 3.23. The van der Waals surface area contributed by atoms with E-state index in [0.717, 1.165) is 29.1 Å². The Morgan fingerprint density at radius 3 is 2.59 bits per heavy atom. The summed E-state index contributed by atoms with van der Waals surface area (Å²) in [6, 6.07) is 24.2. The molecule has 4 rings (SSSR count). The first-order chi connectivity index (χ1) is 15.5. The average molecular weight is 429 g/mol. The fourth-order valence-electron chi connectivity index (χ4n) is 4.09. The summed E-state index contributed by atoms with van der Waals surface area (Å²) in [6.45, 7) is 4.72. The predicted molar refractivity (Wildman–Crippen MR) is 129 cm³/mol. The lowest BCUT2D eigenvalue weighted by atomic mass is 9.90. The summed E-state index contributed by atoms with van der Waals surface area (Å²) in [7, 11) is 1.68. The van der Waals surface area contributed by atoms with E-state index in [9.17, 15) is 4.79 Å². The van der Waals surface area contributed by atoms with Crippen molar-refractivity contribution in [3.05, 3.63) is 95.7 Å². The number of para-hydroxylation sites is 1. The SMILES string of the molecule is COc1ccc([C@@H](C[NH2+][C@@H](C)C(=O)Nc2cccc(C)c2)c2c[nH]c3ccccc23)cc1. The molecule has 1 amide bonds. The first kappa shape index (κ1) is 21.7. The van der Waals surface area contributed by atoms with Gasteiger partial charge in [-0.1, -0.05) is 42.5 Å². The molecule has 1 heterocycles. The molecule has 0 unspecified atom stereocenters. The molecule has 0 spiro atoms. The van der Waals surface area contributed by atoms with E-state index in [-0.39, 0.29) is 17.9 Å². The van der Waals surface area contributed by atoms with Gasteiger partial charge in [0.1, 0.15) is 5.75 Å². The van der Waals surface area contributed by atoms with Gasteiger partial charge in [-0.3, -0.25) is 4.79 Å². The number of hydrogen-bond donors (Lipinski definition) is 3. The summed E-state index contributed by atoms with van der Waals surface area (Å²) in [5, 5.41) is 6.35. The molecule has 4 N–H and O–H groups in total. The Morgan fingerprint density at radius 1 is 1.06 bits per heavy atom. The van der Waals surface area contributed by atoms with Crippen molar-refractivity contribution in [1.29, 1.82) is 0 Å². The number of quaternary nitrogens is 1. The van der Waals surface area contributed by atoms with E-state index in [4.69, 9.17) is 4.74 Å². The van der Waals surface area contributed by atoms with Crippen molar-refractivity contribution in [2.24, 2.45) is 0 Å². The van der Waals surface area contributed by atoms with Gasteiger partial charge in [0.25, 0.3) is 5.91 Å². The molecule has 3 aromatic carbocycles. The zero-order chi connectivity index (χ0) is 22.5. The van der Waals surface area contributed by atoms with Crippen LogP contribution in [-0.2, 0) is 4.79 Å². The fraction of sp³-hybridized carbons (Fsp3) is 0.222. The zero-order valence-corrected chi connectivity index (χ0v) is 18.8. The minimum Gasteiger partial charge on any atom is -0.497 e. The molecule has 0 aliphatic heterocycles. The molecule has 0 aliphatic carbocycles. The molecular formula is C27H30N3O2+. The van der Waals surface area contributed by atoms with Gasteiger partial charge in [-0.25, -0.2) is 0 Å². The van der Waals surface area contributed by atoms with Crippen LogP contribution in [0.25, 0.3) is 10.9 Å². The smallest absolute Gasteiger partial charge is 0.282 e. The highest BCUT2D eigenvalue weighted by atomic mass is 16.5. The van der Waals surface area contributed by atoms with E-state index in [1.807, 2.05) is 56.3 Å². The third kappa shape index (κ3) is 4.84. The number of aromatic nitrogens is 1. The molecule has 5 nitrogen and oxygen atoms in total. The molecule has 5 heteroatoms. The number of ether oxygens (including phenoxy) is 1. The van der Waals surface area contributed by atoms with Crippen LogP contribution in [-0.4, -0.2) is 30.6 Å². The van der Waals surface area contributed by atoms with E-state index in [2.05, 4.69) is 52.1 Å². The Morgan fingerprint density at radius 2 is 1.84 bits per heavy atom. The highest BCUT2D eigenvalue weighted by molar-refractivity contribution is 5.93. The second-order valence-electron chi connectivity index (χ2n) is 8.23. The third-order valence-corrected chi connectivity index (χ3v) is 5.94. The summed E-state index contributed by atoms with van der Waals surface area (Å²) in [5.74, 6) is 0.968. The Hall–Kier alpha value is -3.57. The van der Waals surface area contributed by atoms with E-state index in [1.54, 1.807) is 7.11 Å². The van der Waals surface area contributed by atoms with Gasteiger partial charge >= 0.3 is 0 Å². The summed E-state index contributed by atoms with van der Waals surface area (Å²) in [4.78, 5) is 16.2. The first-order valence-corrected chi connectivity index (χ1v) is 11.0. The molecule has 0 saturated heterocycles. The largest absolute Gasteiger partial charge is 0.497 e. The number of rotatable bonds is 8. The number of hydrogen-bond acceptors (Lipinski definition) is 2. The van der Waals surface area contributed by atoms with Crippen LogP contribution >= 0.6 is 0 Å². The number of carbonyl (C=O) groups is 1. The second-order valence-corrected chi connectivity index (χ2v) is 8.23. The Bertz CT molecular complexity index is 1200. The fourth-order valence-corrected chi connectivity index (χ4v) is 4.09. The number of H-pyrrole nitrogens is 1. The number of aryl methyl sites for hydroxylation is 1. The van der Waals surface area contributed by atoms with Gasteiger partial charge in [0.05, 0.1) is 19.6 Å². The maximum atomic E-state index is 12.8. The minimum atomic E-state index is -0.221. The van der Waals surface area contributed by atoms with Gasteiger partial charge < -0.3 is 20.4 Å². The van der Waals surface area contributed by atoms with E-state index >= 15 is 0 Å². The lowest BCUT2D eigenvalue weighted by molar-refractivity contribution is -0.674. The Labute approximate surface area is 188 Å². The molecule has 0 bridgehead atoms. The van der Waals surface area contributed by atoms with Crippen LogP contribution in [0.1, 0.15) is 29.5 Å². The first-order valence-electron chi connectivity index (χ1n) is 11.0. The standard InChI is InChI=1S/C27H29N3O2/c1-18-7-6-8-21(15-18)30-27(31)19(2)28-16-24(20-11-13-22(32-3)14-12-20)25-17-29-26-10-5-4-9-23(25)26/h4-15,17,19,24,28-29H,16H2,1-3H3,(H,30,31)/p+1/t19-,24+/m0/s1. The van der Waals surface area contributed by atoms with Crippen molar-refractivity contribution in [2.75, 3.05) is 19.0 Å². The monoisotopic (exact) mass is 428 g/mol. The predicted octanol–water partition coefficient (Wildman–Crippen LogP) is 4.21. The summed E-state index contributed by atoms with van der Waals surface area (Å²) < 4.78 is 5.34. The van der Waals surface area contributed by atoms with Crippen LogP contribution in [0.5, 0.6) is 5.75 Å². The molecule has 0 aliphatic rings. The topological polar surface area (TPSA) is 70.7 Å². The highest BCUT2D eigenvalue weighted by Gasteiger charge is 2.23. The van der Waals surface area contributed by atoms with E-state index < -0.39 is 0 Å². The third-order valence-electron chi connectivity index (χ3n) is 5.94. The van der Waals surface area contributed by atoms with Crippen molar-refractivity contribution < 1.29 is 14.8 Å². The van der Waals surface area contributed by atoms with Gasteiger partial charge in [-0.15, -0.1) is 0 Å². The van der Waals surface area contributed by atoms with Gasteiger partial charge in [0, 0.05) is 22.8 Å². The van der Waals surface area contributed by atoms with Gasteiger partial charge in [-0.2, -0.15) is 0 Å². The van der Waals surface area contributed by atoms with Crippen LogP contribution < -0.4 is 15.4 Å². The number of aromatic amines is 1. The second kappa shape index (κ2) is 9.71. The molecular weight excluding hydrogens is 398 g/mol. The van der Waals surface area contributed by atoms with Gasteiger partial charge in [-0.05, 0) is 60.9 Å². The van der Waals surface area contributed by atoms with Crippen LogP contribution in [0.3, 0.4) is 0 Å². The molecule has 164 valence electrons. The number of benzene rings is 3. The van der Waals surface area contributed by atoms with Crippen molar-refractivity contribution in [2.45, 2.75) is 25.8 Å². The van der Waals surface area contributed by atoms with Crippen molar-refractivity contribution in [3.8, 4) is 5.75 Å². The lowest BCUT2D eigenvalue weighted by Gasteiger charge is -2.19. The number of carbonyl (C=O) groups excluding carboxylic acids is 1. The Balaban J connectivity index is 1.54. The summed E-state index contributed by atoms with van der Waals surface area (Å²) >= 11 is 0. The number of methoxy groups -OCH3 is 1. The molecule has 0 radical (unpaired) electrons. The number of fused-ring (bicyclic) bond motifs is 1. The highest BCUT2D eigenvalue weighted by Crippen LogP contribution is 2.30. The molecule has 1 aromatic heterocycles. The molecule has 2 atom stereocenters. The Kier molecular flexibility index (Phi) is 6.57. The van der Waals surface area contributed by atoms with Gasteiger partial charge in [0.2, 0.25) is 0 Å². The lowest BCUT2D eigenvalue weighted by Crippen LogP contribution is -2.92. The number of amides is 1. The minimum absolute atomic E-state index is 0.00278. The summed E-state index contributed by atoms with van der Waals surface area (Å²) in [5.41, 5.74) is 5.49. The maximum absolute atomic E-state index is 12.8. The van der Waals surface area contributed by atoms with Crippen molar-refractivity contribution >= 4 is 22.5 Å². The van der Waals surface area contributed by atoms with Gasteiger partial charge in [0.15, 0.2) is 6.04 Å². The van der Waals surface area contributed by atoms with E-state index in [0.29, 0.717) is 0 Å². The van der Waals surface area contributed by atoms with Crippen molar-refractivity contribution in [3.63, 3.8) is 0 Å². The van der Waals surface area contributed by atoms with Crippen LogP contribution in [0, 0.1) is 6.92 Å². The van der Waals surface area contributed by atoms with Crippen molar-refractivity contribution in [1.82, 2.24) is 4.98 Å². The maximum Gasteiger partial charge on any atom is 0.282 e. The number of anilines is 1. The molecule has 4 aromatic rings. The summed E-state index contributed by atoms with van der Waals surface area (Å²) in [6.07, 6.45) is 2.09. The van der Waals surface area contributed by atoms with Crippen LogP contribution in [0.2, 0.25) is 0 Å². The number of nitrogens with two attached hydrogens (primary N) is 1. The zero-order valence-electron chi connectivity index (χ0n) is 18.8. The van der Waals surface area contributed by atoms with Crippen LogP contribution in [0.4, 0.5) is 5.69 Å². The molecule has 0 fully saturated rings. The normalized spacial score (nSPS) is 13.0. The molecule has 32 heavy (non-hydrogen) atoms. The number of nitrogens with one attached hydrogen (secondary N) is 2. The van der Waals surface area contributed by atoms with Crippen LogP contribution in [0.15, 0.2) is 79.0 Å².